The van der Waals surface area contributed by atoms with E-state index in [9.17, 15) is 19.4 Å². The van der Waals surface area contributed by atoms with E-state index < -0.39 is 6.10 Å². The van der Waals surface area contributed by atoms with Gasteiger partial charge in [0.1, 0.15) is 11.6 Å². The Morgan fingerprint density at radius 3 is 2.44 bits per heavy atom. The van der Waals surface area contributed by atoms with E-state index in [0.29, 0.717) is 18.4 Å². The number of aliphatic hydroxyl groups is 1. The van der Waals surface area contributed by atoms with Gasteiger partial charge in [-0.15, -0.1) is 11.3 Å². The molecule has 1 aliphatic heterocycles. The number of thiophene rings is 1. The molecule has 0 unspecified atom stereocenters. The van der Waals surface area contributed by atoms with Gasteiger partial charge in [0.2, 0.25) is 5.91 Å². The highest BCUT2D eigenvalue weighted by atomic mass is 32.1. The number of amides is 1. The number of phenols is 1. The van der Waals surface area contributed by atoms with Crippen LogP contribution in [0.25, 0.3) is 10.4 Å². The number of halogens is 1. The summed E-state index contributed by atoms with van der Waals surface area (Å²) in [5.41, 5.74) is 2.42. The third-order valence-corrected chi connectivity index (χ3v) is 7.51. The van der Waals surface area contributed by atoms with Crippen LogP contribution in [0.1, 0.15) is 35.4 Å². The molecule has 2 heterocycles. The van der Waals surface area contributed by atoms with Crippen LogP contribution in [0.4, 0.5) is 10.1 Å². The summed E-state index contributed by atoms with van der Waals surface area (Å²) < 4.78 is 13.2. The van der Waals surface area contributed by atoms with Crippen LogP contribution in [0.2, 0.25) is 0 Å². The number of aliphatic hydroxyl groups excluding tert-OH is 1. The fourth-order valence-electron chi connectivity index (χ4n) is 4.55. The van der Waals surface area contributed by atoms with Crippen molar-refractivity contribution in [2.45, 2.75) is 25.0 Å². The SMILES string of the molecule is O=C1[C@H](CC[C@H](O)c2ccc(F)cc2)[C@@H](c2ccc(-c3cccc(O)c3)s2)N1c1ccccc1. The molecule has 0 radical (unpaired) electrons. The molecule has 4 aromatic rings. The zero-order chi connectivity index (χ0) is 23.7. The molecule has 1 aromatic heterocycles. The zero-order valence-corrected chi connectivity index (χ0v) is 19.2. The molecule has 1 amide bonds. The largest absolute Gasteiger partial charge is 0.508 e. The first-order valence-electron chi connectivity index (χ1n) is 11.2. The van der Waals surface area contributed by atoms with Crippen LogP contribution in [-0.4, -0.2) is 16.1 Å². The fraction of sp³-hybridized carbons (Fsp3) is 0.179. The maximum atomic E-state index is 13.2. The molecule has 172 valence electrons. The molecule has 3 atom stereocenters. The average molecular weight is 474 g/mol. The van der Waals surface area contributed by atoms with Gasteiger partial charge in [0.05, 0.1) is 18.1 Å². The highest BCUT2D eigenvalue weighted by Gasteiger charge is 2.49. The van der Waals surface area contributed by atoms with Crippen LogP contribution in [0.3, 0.4) is 0 Å². The Kier molecular flexibility index (Phi) is 6.18. The molecule has 2 N–H and O–H groups in total. The molecule has 1 fully saturated rings. The number of para-hydroxylation sites is 1. The molecular weight excluding hydrogens is 449 g/mol. The monoisotopic (exact) mass is 473 g/mol. The number of hydrogen-bond acceptors (Lipinski definition) is 4. The average Bonchev–Trinajstić information content (AvgIpc) is 3.33. The number of nitrogens with zero attached hydrogens (tertiary/aromatic N) is 1. The summed E-state index contributed by atoms with van der Waals surface area (Å²) in [4.78, 5) is 17.1. The number of rotatable bonds is 7. The van der Waals surface area contributed by atoms with E-state index >= 15 is 0 Å². The summed E-state index contributed by atoms with van der Waals surface area (Å²) in [7, 11) is 0. The molecule has 0 spiro atoms. The van der Waals surface area contributed by atoms with Gasteiger partial charge in [-0.25, -0.2) is 4.39 Å². The smallest absolute Gasteiger partial charge is 0.233 e. The Morgan fingerprint density at radius 1 is 0.941 bits per heavy atom. The van der Waals surface area contributed by atoms with Crippen LogP contribution >= 0.6 is 11.3 Å². The summed E-state index contributed by atoms with van der Waals surface area (Å²) in [6.07, 6.45) is 0.169. The van der Waals surface area contributed by atoms with Gasteiger partial charge < -0.3 is 15.1 Å². The highest BCUT2D eigenvalue weighted by Crippen LogP contribution is 2.49. The van der Waals surface area contributed by atoms with Crippen molar-refractivity contribution < 1.29 is 19.4 Å². The van der Waals surface area contributed by atoms with Crippen LogP contribution < -0.4 is 4.90 Å². The Hall–Kier alpha value is -3.48. The molecule has 3 aromatic carbocycles. The fourth-order valence-corrected chi connectivity index (χ4v) is 5.71. The van der Waals surface area contributed by atoms with Gasteiger partial charge in [0, 0.05) is 15.4 Å². The second-order valence-electron chi connectivity index (χ2n) is 8.49. The summed E-state index contributed by atoms with van der Waals surface area (Å²) in [6.45, 7) is 0. The van der Waals surface area contributed by atoms with Gasteiger partial charge in [0.15, 0.2) is 0 Å². The van der Waals surface area contributed by atoms with Crippen LogP contribution in [-0.2, 0) is 4.79 Å². The number of anilines is 1. The van der Waals surface area contributed by atoms with E-state index in [4.69, 9.17) is 0 Å². The number of aromatic hydroxyl groups is 1. The molecule has 0 saturated carbocycles. The normalized spacial score (nSPS) is 18.5. The number of phenolic OH excluding ortho intramolecular Hbond substituents is 1. The van der Waals surface area contributed by atoms with Crippen molar-refractivity contribution in [1.29, 1.82) is 0 Å². The molecular formula is C28H24FNO3S. The Balaban J connectivity index is 1.40. The number of hydrogen-bond donors (Lipinski definition) is 2. The van der Waals surface area contributed by atoms with Crippen molar-refractivity contribution in [2.24, 2.45) is 5.92 Å². The van der Waals surface area contributed by atoms with Crippen LogP contribution in [0, 0.1) is 11.7 Å². The second-order valence-corrected chi connectivity index (χ2v) is 9.61. The van der Waals surface area contributed by atoms with Gasteiger partial charge in [0.25, 0.3) is 0 Å². The summed E-state index contributed by atoms with van der Waals surface area (Å²) >= 11 is 1.61. The first-order valence-corrected chi connectivity index (χ1v) is 12.0. The maximum absolute atomic E-state index is 13.2. The number of benzene rings is 3. The first-order chi connectivity index (χ1) is 16.5. The van der Waals surface area contributed by atoms with Crippen molar-refractivity contribution in [3.05, 3.63) is 107 Å². The van der Waals surface area contributed by atoms with Gasteiger partial charge in [-0.2, -0.15) is 0 Å². The molecule has 1 aliphatic rings. The summed E-state index contributed by atoms with van der Waals surface area (Å²) in [5.74, 6) is -0.352. The van der Waals surface area contributed by atoms with E-state index in [1.165, 1.54) is 12.1 Å². The minimum absolute atomic E-state index is 0.0369. The number of carbonyl (C=O) groups is 1. The Labute approximate surface area is 201 Å². The van der Waals surface area contributed by atoms with Gasteiger partial charge in [-0.05, 0) is 72.5 Å². The first kappa shape index (κ1) is 22.3. The van der Waals surface area contributed by atoms with Crippen molar-refractivity contribution in [3.8, 4) is 16.2 Å². The van der Waals surface area contributed by atoms with E-state index in [1.807, 2.05) is 59.5 Å². The lowest BCUT2D eigenvalue weighted by Gasteiger charge is -2.47. The lowest BCUT2D eigenvalue weighted by atomic mass is 9.81. The van der Waals surface area contributed by atoms with E-state index in [2.05, 4.69) is 0 Å². The molecule has 34 heavy (non-hydrogen) atoms. The summed E-state index contributed by atoms with van der Waals surface area (Å²) in [6, 6.07) is 26.5. The lowest BCUT2D eigenvalue weighted by Crippen LogP contribution is -2.55. The molecule has 1 saturated heterocycles. The number of β-lactam (4-membered cyclic amide) rings is 1. The molecule has 4 nitrogen and oxygen atoms in total. The third kappa shape index (κ3) is 4.34. The Morgan fingerprint density at radius 2 is 1.71 bits per heavy atom. The summed E-state index contributed by atoms with van der Waals surface area (Å²) in [5, 5.41) is 20.5. The predicted octanol–water partition coefficient (Wildman–Crippen LogP) is 6.48. The molecule has 0 aliphatic carbocycles. The minimum atomic E-state index is -0.758. The van der Waals surface area contributed by atoms with Crippen molar-refractivity contribution in [2.75, 3.05) is 4.90 Å². The van der Waals surface area contributed by atoms with Crippen LogP contribution in [0.5, 0.6) is 5.75 Å². The van der Waals surface area contributed by atoms with Gasteiger partial charge in [-0.3, -0.25) is 4.79 Å². The minimum Gasteiger partial charge on any atom is -0.508 e. The van der Waals surface area contributed by atoms with Gasteiger partial charge >= 0.3 is 0 Å². The second kappa shape index (κ2) is 9.41. The Bertz CT molecular complexity index is 1290. The van der Waals surface area contributed by atoms with E-state index in [0.717, 1.165) is 21.0 Å². The zero-order valence-electron chi connectivity index (χ0n) is 18.3. The molecule has 0 bridgehead atoms. The van der Waals surface area contributed by atoms with Crippen molar-refractivity contribution >= 4 is 22.9 Å². The lowest BCUT2D eigenvalue weighted by molar-refractivity contribution is -0.130. The van der Waals surface area contributed by atoms with Crippen molar-refractivity contribution in [1.82, 2.24) is 0 Å². The van der Waals surface area contributed by atoms with Gasteiger partial charge in [-0.1, -0.05) is 42.5 Å². The molecule has 5 rings (SSSR count). The predicted molar refractivity (Wildman–Crippen MR) is 132 cm³/mol. The van der Waals surface area contributed by atoms with E-state index in [1.54, 1.807) is 35.6 Å². The van der Waals surface area contributed by atoms with E-state index in [-0.39, 0.29) is 29.4 Å². The quantitative estimate of drug-likeness (QED) is 0.302. The standard InChI is InChI=1S/C28H24FNO3S/c29-20-11-9-18(10-12-20)24(32)14-13-23-27(30(28(23)33)21-6-2-1-3-7-21)26-16-15-25(34-26)19-5-4-8-22(31)17-19/h1-12,15-17,23-24,27,31-32H,13-14H2/t23-,24+,27+/m1/s1. The molecule has 6 heteroatoms. The van der Waals surface area contributed by atoms with Crippen molar-refractivity contribution in [3.63, 3.8) is 0 Å². The maximum Gasteiger partial charge on any atom is 0.233 e. The number of carbonyl (C=O) groups excluding carboxylic acids is 1. The topological polar surface area (TPSA) is 60.8 Å². The van der Waals surface area contributed by atoms with Crippen LogP contribution in [0.15, 0.2) is 91.0 Å². The third-order valence-electron chi connectivity index (χ3n) is 6.30. The highest BCUT2D eigenvalue weighted by molar-refractivity contribution is 7.15.